The van der Waals surface area contributed by atoms with Gasteiger partial charge in [-0.25, -0.2) is 18.0 Å². The van der Waals surface area contributed by atoms with E-state index in [1.807, 2.05) is 17.7 Å². The van der Waals surface area contributed by atoms with E-state index in [9.17, 15) is 13.2 Å². The molecular formula is C11H10Cl3F3N2O5S. The van der Waals surface area contributed by atoms with E-state index in [2.05, 4.69) is 4.98 Å². The molecule has 25 heavy (non-hydrogen) atoms. The number of hydrogen-bond acceptors (Lipinski definition) is 5. The maximum Gasteiger partial charge on any atom is 0.485 e. The fourth-order valence-electron chi connectivity index (χ4n) is 1.36. The molecule has 0 atom stereocenters. The molecule has 14 heteroatoms. The third-order valence-corrected chi connectivity index (χ3v) is 3.23. The quantitative estimate of drug-likeness (QED) is 0.339. The molecule has 0 bridgehead atoms. The first kappa shape index (κ1) is 21.9. The topological polar surface area (TPSA) is 99.2 Å². The van der Waals surface area contributed by atoms with Gasteiger partial charge in [-0.05, 0) is 12.1 Å². The second-order valence-corrected chi connectivity index (χ2v) is 8.25. The summed E-state index contributed by atoms with van der Waals surface area (Å²) in [6, 6.07) is 3.64. The van der Waals surface area contributed by atoms with Crippen molar-refractivity contribution < 1.29 is 39.9 Å². The van der Waals surface area contributed by atoms with Crippen LogP contribution in [-0.2, 0) is 17.2 Å². The van der Waals surface area contributed by atoms with Crippen molar-refractivity contribution in [3.05, 3.63) is 24.6 Å². The van der Waals surface area contributed by atoms with Gasteiger partial charge in [0, 0.05) is 0 Å². The summed E-state index contributed by atoms with van der Waals surface area (Å²) in [5.41, 5.74) is -5.65. The zero-order valence-electron chi connectivity index (χ0n) is 12.2. The van der Waals surface area contributed by atoms with Crippen LogP contribution in [0.15, 0.2) is 29.0 Å². The predicted octanol–water partition coefficient (Wildman–Crippen LogP) is 2.90. The summed E-state index contributed by atoms with van der Waals surface area (Å²) in [5.74, 6) is 1.98. The molecule has 0 amide bonds. The fraction of sp³-hybridized carbons (Fsp3) is 0.364. The van der Waals surface area contributed by atoms with E-state index in [-0.39, 0.29) is 6.61 Å². The molecule has 7 nitrogen and oxygen atoms in total. The predicted molar refractivity (Wildman–Crippen MR) is 81.2 cm³/mol. The number of halogens is 6. The van der Waals surface area contributed by atoms with E-state index in [1.54, 1.807) is 18.5 Å². The van der Waals surface area contributed by atoms with E-state index in [0.29, 0.717) is 11.6 Å². The van der Waals surface area contributed by atoms with Crippen molar-refractivity contribution in [2.24, 2.45) is 7.05 Å². The highest BCUT2D eigenvalue weighted by Gasteiger charge is 2.36. The minimum absolute atomic E-state index is 0.0320. The molecule has 2 rings (SSSR count). The number of ether oxygens (including phenoxy) is 1. The van der Waals surface area contributed by atoms with Crippen molar-refractivity contribution in [3.63, 3.8) is 0 Å². The van der Waals surface area contributed by atoms with Crippen LogP contribution < -0.4 is 9.30 Å². The maximum absolute atomic E-state index is 10.7. The third-order valence-electron chi connectivity index (χ3n) is 2.33. The van der Waals surface area contributed by atoms with Gasteiger partial charge in [-0.3, -0.25) is 0 Å². The smallest absolute Gasteiger partial charge is 0.485 e. The van der Waals surface area contributed by atoms with E-state index in [0.717, 1.165) is 5.82 Å². The number of imidazole rings is 1. The Bertz CT molecular complexity index is 785. The minimum atomic E-state index is -6.09. The molecule has 2 aromatic rings. The number of nitrogens with one attached hydrogen (secondary N) is 1. The molecule has 0 fully saturated rings. The highest BCUT2D eigenvalue weighted by molar-refractivity contribution is 7.86. The van der Waals surface area contributed by atoms with E-state index in [1.165, 1.54) is 0 Å². The number of furan rings is 1. The van der Waals surface area contributed by atoms with Gasteiger partial charge in [-0.2, -0.15) is 13.2 Å². The van der Waals surface area contributed by atoms with Crippen LogP contribution in [-0.4, -0.2) is 33.9 Å². The largest absolute Gasteiger partial charge is 0.741 e. The molecule has 0 aliphatic carbocycles. The minimum Gasteiger partial charge on any atom is -0.741 e. The van der Waals surface area contributed by atoms with Crippen molar-refractivity contribution in [3.8, 4) is 17.5 Å². The lowest BCUT2D eigenvalue weighted by molar-refractivity contribution is -0.659. The summed E-state index contributed by atoms with van der Waals surface area (Å²) in [6.07, 6.45) is 3.34. The molecule has 0 aliphatic rings. The zero-order valence-corrected chi connectivity index (χ0v) is 15.3. The van der Waals surface area contributed by atoms with Crippen molar-refractivity contribution >= 4 is 44.9 Å². The van der Waals surface area contributed by atoms with Crippen LogP contribution in [0.4, 0.5) is 13.2 Å². The first-order valence-electron chi connectivity index (χ1n) is 6.05. The third kappa shape index (κ3) is 7.32. The van der Waals surface area contributed by atoms with Gasteiger partial charge in [0.25, 0.3) is 0 Å². The van der Waals surface area contributed by atoms with Crippen LogP contribution >= 0.6 is 34.8 Å². The number of alkyl halides is 6. The molecule has 1 N–H and O–H groups in total. The van der Waals surface area contributed by atoms with Gasteiger partial charge in [0.2, 0.25) is 9.55 Å². The normalized spacial score (nSPS) is 12.5. The number of aromatic amines is 1. The van der Waals surface area contributed by atoms with Gasteiger partial charge in [0.15, 0.2) is 16.3 Å². The molecule has 142 valence electrons. The van der Waals surface area contributed by atoms with Crippen molar-refractivity contribution in [2.45, 2.75) is 9.30 Å². The summed E-state index contributed by atoms with van der Waals surface area (Å²) in [6.45, 7) is -0.0320. The Hall–Kier alpha value is -1.14. The zero-order chi connectivity index (χ0) is 19.5. The molecular weight excluding hydrogens is 436 g/mol. The lowest BCUT2D eigenvalue weighted by Gasteiger charge is -2.08. The summed E-state index contributed by atoms with van der Waals surface area (Å²) in [7, 11) is -4.23. The molecule has 0 aromatic carbocycles. The summed E-state index contributed by atoms with van der Waals surface area (Å²) < 4.78 is 69.9. The number of rotatable bonds is 3. The second kappa shape index (κ2) is 8.04. The molecule has 2 aromatic heterocycles. The van der Waals surface area contributed by atoms with Crippen molar-refractivity contribution in [1.82, 2.24) is 4.98 Å². The Balaban J connectivity index is 0.000000333. The van der Waals surface area contributed by atoms with Gasteiger partial charge >= 0.3 is 17.2 Å². The van der Waals surface area contributed by atoms with Crippen molar-refractivity contribution in [1.29, 1.82) is 0 Å². The molecule has 0 spiro atoms. The molecule has 0 saturated heterocycles. The van der Waals surface area contributed by atoms with Gasteiger partial charge in [0.1, 0.15) is 6.61 Å². The molecule has 0 unspecified atom stereocenters. The first-order valence-corrected chi connectivity index (χ1v) is 8.59. The Labute approximate surface area is 155 Å². The van der Waals surface area contributed by atoms with Crippen LogP contribution in [0, 0.1) is 0 Å². The Morgan fingerprint density at radius 3 is 2.32 bits per heavy atom. The summed E-state index contributed by atoms with van der Waals surface area (Å²) in [5, 5.41) is 0. The average Bonchev–Trinajstić information content (AvgIpc) is 3.02. The van der Waals surface area contributed by atoms with E-state index < -0.39 is 19.4 Å². The van der Waals surface area contributed by atoms with Gasteiger partial charge < -0.3 is 13.7 Å². The van der Waals surface area contributed by atoms with Crippen molar-refractivity contribution in [2.75, 3.05) is 6.61 Å². The number of aryl methyl sites for hydroxylation is 1. The molecule has 0 radical (unpaired) electrons. The lowest BCUT2D eigenvalue weighted by Crippen LogP contribution is -2.27. The Kier molecular flexibility index (Phi) is 7.04. The molecule has 0 saturated carbocycles. The van der Waals surface area contributed by atoms with E-state index in [4.69, 9.17) is 56.9 Å². The average molecular weight is 446 g/mol. The standard InChI is InChI=1S/C10H9Cl3N2O2.CHF3O3S/c1-15-5-8(17-6-10(11,12)13)14-9(15)7-3-2-4-16-7;2-1(3,4)8(5,6)7/h2-5H,6H2,1H3;(H,5,6,7). The lowest BCUT2D eigenvalue weighted by atomic mass is 10.4. The van der Waals surface area contributed by atoms with Crippen LogP contribution in [0.2, 0.25) is 0 Å². The van der Waals surface area contributed by atoms with Crippen LogP contribution in [0.5, 0.6) is 5.88 Å². The molecule has 0 aliphatic heterocycles. The first-order chi connectivity index (χ1) is 11.2. The maximum atomic E-state index is 10.7. The number of H-pyrrole nitrogens is 1. The second-order valence-electron chi connectivity index (χ2n) is 4.36. The molecule has 2 heterocycles. The highest BCUT2D eigenvalue weighted by atomic mass is 35.6. The van der Waals surface area contributed by atoms with Gasteiger partial charge in [-0.15, -0.1) is 0 Å². The Morgan fingerprint density at radius 1 is 1.36 bits per heavy atom. The summed E-state index contributed by atoms with van der Waals surface area (Å²) in [4.78, 5) is 3.03. The number of hydrogen-bond donors (Lipinski definition) is 1. The van der Waals surface area contributed by atoms with Gasteiger partial charge in [-0.1, -0.05) is 34.8 Å². The highest BCUT2D eigenvalue weighted by Crippen LogP contribution is 2.27. The Morgan fingerprint density at radius 2 is 1.92 bits per heavy atom. The number of nitrogens with zero attached hydrogens (tertiary/aromatic N) is 1. The fourth-order valence-corrected chi connectivity index (χ4v) is 1.52. The SMILES string of the molecule is C[n+]1cc(OCC(Cl)(Cl)Cl)[nH]c1-c1ccco1.O=S(=O)([O-])C(F)(F)F. The van der Waals surface area contributed by atoms with Gasteiger partial charge in [0.05, 0.1) is 13.3 Å². The van der Waals surface area contributed by atoms with Crippen LogP contribution in [0.25, 0.3) is 11.6 Å². The van der Waals surface area contributed by atoms with Crippen LogP contribution in [0.1, 0.15) is 0 Å². The van der Waals surface area contributed by atoms with E-state index >= 15 is 0 Å². The number of aromatic nitrogens is 2. The summed E-state index contributed by atoms with van der Waals surface area (Å²) >= 11 is 16.8. The monoisotopic (exact) mass is 444 g/mol. The van der Waals surface area contributed by atoms with Crippen LogP contribution in [0.3, 0.4) is 0 Å².